The normalized spacial score (nSPS) is 11.3. The molecule has 0 aliphatic rings. The Kier molecular flexibility index (Phi) is 5.04. The third-order valence-corrected chi connectivity index (χ3v) is 7.96. The molecule has 7 rings (SSSR count). The largest absolute Gasteiger partial charge is 0.310 e. The van der Waals surface area contributed by atoms with Crippen LogP contribution in [0.2, 0.25) is 0 Å². The molecule has 1 aromatic heterocycles. The lowest BCUT2D eigenvalue weighted by atomic mass is 10.0. The molecule has 170 valence electrons. The molecule has 7 aromatic rings. The predicted molar refractivity (Wildman–Crippen MR) is 157 cm³/mol. The van der Waals surface area contributed by atoms with E-state index in [4.69, 9.17) is 0 Å². The summed E-state index contributed by atoms with van der Waals surface area (Å²) in [5.41, 5.74) is 5.89. The van der Waals surface area contributed by atoms with Crippen LogP contribution in [0.25, 0.3) is 42.1 Å². The average Bonchev–Trinajstić information content (AvgIpc) is 3.31. The first kappa shape index (κ1) is 20.9. The molecule has 0 aliphatic carbocycles. The van der Waals surface area contributed by atoms with E-state index in [0.29, 0.717) is 0 Å². The Morgan fingerprint density at radius 2 is 1.03 bits per heavy atom. The number of hydrogen-bond acceptors (Lipinski definition) is 2. The molecule has 0 bridgehead atoms. The van der Waals surface area contributed by atoms with Gasteiger partial charge < -0.3 is 4.90 Å². The Morgan fingerprint density at radius 1 is 0.389 bits per heavy atom. The molecule has 0 N–H and O–H groups in total. The van der Waals surface area contributed by atoms with Gasteiger partial charge in [-0.1, -0.05) is 84.9 Å². The van der Waals surface area contributed by atoms with Gasteiger partial charge in [-0.3, -0.25) is 0 Å². The Hall–Kier alpha value is -4.40. The van der Waals surface area contributed by atoms with Gasteiger partial charge in [0.15, 0.2) is 0 Å². The quantitative estimate of drug-likeness (QED) is 0.244. The molecule has 0 atom stereocenters. The lowest BCUT2D eigenvalue weighted by Gasteiger charge is -2.26. The zero-order valence-corrected chi connectivity index (χ0v) is 20.5. The van der Waals surface area contributed by atoms with Gasteiger partial charge in [-0.25, -0.2) is 0 Å². The Balaban J connectivity index is 1.37. The van der Waals surface area contributed by atoms with E-state index in [1.165, 1.54) is 42.1 Å². The van der Waals surface area contributed by atoms with Gasteiger partial charge in [0.25, 0.3) is 0 Å². The molecule has 0 amide bonds. The molecule has 1 nitrogen and oxygen atoms in total. The molecule has 6 aromatic carbocycles. The molecular formula is C34H23NS. The topological polar surface area (TPSA) is 3.24 Å². The first-order valence-electron chi connectivity index (χ1n) is 12.2. The number of thiophene rings is 1. The molecule has 0 unspecified atom stereocenters. The van der Waals surface area contributed by atoms with Crippen LogP contribution in [0, 0.1) is 0 Å². The number of rotatable bonds is 4. The SMILES string of the molecule is c1ccc(-c2ccc(N(c3ccccc3)c3ccc4cc5sc6ccccc6c5cc4c3)cc2)cc1. The standard InChI is InChI=1S/C34H23NS/c1-3-9-24(10-4-1)25-15-18-29(19-16-25)35(28-11-5-2-6-12-28)30-20-17-26-23-34-32(22-27(26)21-30)31-13-7-8-14-33(31)36-34/h1-23H. The van der Waals surface area contributed by atoms with Crippen LogP contribution in [0.3, 0.4) is 0 Å². The summed E-state index contributed by atoms with van der Waals surface area (Å²) >= 11 is 1.87. The maximum absolute atomic E-state index is 2.36. The third-order valence-electron chi connectivity index (χ3n) is 6.82. The fourth-order valence-electron chi connectivity index (χ4n) is 5.05. The molecule has 0 radical (unpaired) electrons. The van der Waals surface area contributed by atoms with Crippen molar-refractivity contribution in [2.45, 2.75) is 0 Å². The van der Waals surface area contributed by atoms with Crippen molar-refractivity contribution in [1.82, 2.24) is 0 Å². The van der Waals surface area contributed by atoms with Crippen molar-refractivity contribution in [2.75, 3.05) is 4.90 Å². The lowest BCUT2D eigenvalue weighted by Crippen LogP contribution is -2.09. The number of fused-ring (bicyclic) bond motifs is 4. The average molecular weight is 478 g/mol. The summed E-state index contributed by atoms with van der Waals surface area (Å²) in [6, 6.07) is 50.2. The minimum Gasteiger partial charge on any atom is -0.310 e. The summed E-state index contributed by atoms with van der Waals surface area (Å²) in [5.74, 6) is 0. The van der Waals surface area contributed by atoms with Crippen LogP contribution in [0.15, 0.2) is 140 Å². The zero-order valence-electron chi connectivity index (χ0n) is 19.6. The van der Waals surface area contributed by atoms with Crippen molar-refractivity contribution in [2.24, 2.45) is 0 Å². The van der Waals surface area contributed by atoms with Gasteiger partial charge in [-0.05, 0) is 76.5 Å². The van der Waals surface area contributed by atoms with E-state index in [0.717, 1.165) is 17.1 Å². The second kappa shape index (κ2) is 8.67. The van der Waals surface area contributed by atoms with Crippen LogP contribution in [0.5, 0.6) is 0 Å². The molecule has 0 fully saturated rings. The molecule has 0 aliphatic heterocycles. The first-order valence-corrected chi connectivity index (χ1v) is 13.0. The van der Waals surface area contributed by atoms with Crippen molar-refractivity contribution in [3.05, 3.63) is 140 Å². The minimum absolute atomic E-state index is 1.14. The lowest BCUT2D eigenvalue weighted by molar-refractivity contribution is 1.29. The highest BCUT2D eigenvalue weighted by molar-refractivity contribution is 7.25. The Morgan fingerprint density at radius 3 is 1.83 bits per heavy atom. The monoisotopic (exact) mass is 477 g/mol. The van der Waals surface area contributed by atoms with Crippen LogP contribution >= 0.6 is 11.3 Å². The second-order valence-electron chi connectivity index (χ2n) is 9.06. The highest BCUT2D eigenvalue weighted by Gasteiger charge is 2.14. The fraction of sp³-hybridized carbons (Fsp3) is 0. The van der Waals surface area contributed by atoms with Crippen molar-refractivity contribution < 1.29 is 0 Å². The van der Waals surface area contributed by atoms with Crippen molar-refractivity contribution in [1.29, 1.82) is 0 Å². The Labute approximate surface area is 214 Å². The molecular weight excluding hydrogens is 454 g/mol. The van der Waals surface area contributed by atoms with Gasteiger partial charge in [0.05, 0.1) is 0 Å². The number of para-hydroxylation sites is 1. The first-order chi connectivity index (χ1) is 17.8. The highest BCUT2D eigenvalue weighted by Crippen LogP contribution is 2.40. The number of nitrogens with zero attached hydrogens (tertiary/aromatic N) is 1. The summed E-state index contributed by atoms with van der Waals surface area (Å²) in [6.45, 7) is 0. The zero-order chi connectivity index (χ0) is 23.9. The van der Waals surface area contributed by atoms with E-state index in [1.807, 2.05) is 11.3 Å². The highest BCUT2D eigenvalue weighted by atomic mass is 32.1. The maximum Gasteiger partial charge on any atom is 0.0468 e. The summed E-state index contributed by atoms with van der Waals surface area (Å²) in [4.78, 5) is 2.34. The van der Waals surface area contributed by atoms with Crippen LogP contribution in [-0.2, 0) is 0 Å². The van der Waals surface area contributed by atoms with Gasteiger partial charge in [0.2, 0.25) is 0 Å². The number of hydrogen-bond donors (Lipinski definition) is 0. The third kappa shape index (κ3) is 3.64. The van der Waals surface area contributed by atoms with Gasteiger partial charge in [0, 0.05) is 37.2 Å². The van der Waals surface area contributed by atoms with Gasteiger partial charge in [-0.2, -0.15) is 0 Å². The number of benzene rings is 6. The van der Waals surface area contributed by atoms with E-state index in [-0.39, 0.29) is 0 Å². The van der Waals surface area contributed by atoms with E-state index >= 15 is 0 Å². The second-order valence-corrected chi connectivity index (χ2v) is 10.1. The summed E-state index contributed by atoms with van der Waals surface area (Å²) in [6.07, 6.45) is 0. The molecule has 36 heavy (non-hydrogen) atoms. The van der Waals surface area contributed by atoms with Crippen molar-refractivity contribution >= 4 is 59.3 Å². The van der Waals surface area contributed by atoms with E-state index in [1.54, 1.807) is 0 Å². The van der Waals surface area contributed by atoms with Crippen LogP contribution in [0.4, 0.5) is 17.1 Å². The van der Waals surface area contributed by atoms with Crippen molar-refractivity contribution in [3.8, 4) is 11.1 Å². The maximum atomic E-state index is 2.36. The van der Waals surface area contributed by atoms with E-state index < -0.39 is 0 Å². The molecule has 0 spiro atoms. The van der Waals surface area contributed by atoms with Crippen LogP contribution in [-0.4, -0.2) is 0 Å². The fourth-order valence-corrected chi connectivity index (χ4v) is 6.19. The molecule has 2 heteroatoms. The summed E-state index contributed by atoms with van der Waals surface area (Å²) in [7, 11) is 0. The smallest absolute Gasteiger partial charge is 0.0468 e. The van der Waals surface area contributed by atoms with E-state index in [9.17, 15) is 0 Å². The summed E-state index contributed by atoms with van der Waals surface area (Å²) in [5, 5.41) is 5.19. The van der Waals surface area contributed by atoms with Crippen LogP contribution in [0.1, 0.15) is 0 Å². The number of anilines is 3. The minimum atomic E-state index is 1.14. The molecule has 0 saturated carbocycles. The van der Waals surface area contributed by atoms with Crippen molar-refractivity contribution in [3.63, 3.8) is 0 Å². The van der Waals surface area contributed by atoms with Gasteiger partial charge in [0.1, 0.15) is 0 Å². The predicted octanol–water partition coefficient (Wildman–Crippen LogP) is 10.3. The van der Waals surface area contributed by atoms with E-state index in [2.05, 4.69) is 144 Å². The summed E-state index contributed by atoms with van der Waals surface area (Å²) < 4.78 is 2.68. The van der Waals surface area contributed by atoms with Gasteiger partial charge >= 0.3 is 0 Å². The van der Waals surface area contributed by atoms with Crippen LogP contribution < -0.4 is 4.90 Å². The molecule has 0 saturated heterocycles. The van der Waals surface area contributed by atoms with Gasteiger partial charge in [-0.15, -0.1) is 11.3 Å². The molecule has 1 heterocycles. The Bertz CT molecular complexity index is 1820.